The van der Waals surface area contributed by atoms with Crippen LogP contribution >= 0.6 is 0 Å². The first kappa shape index (κ1) is 15.8. The van der Waals surface area contributed by atoms with Gasteiger partial charge in [-0.15, -0.1) is 0 Å². The number of benzene rings is 1. The van der Waals surface area contributed by atoms with Crippen molar-refractivity contribution in [3.8, 4) is 5.75 Å². The van der Waals surface area contributed by atoms with Crippen molar-refractivity contribution in [2.24, 2.45) is 0 Å². The van der Waals surface area contributed by atoms with Crippen LogP contribution in [0.1, 0.15) is 24.8 Å². The molecule has 1 fully saturated rings. The lowest BCUT2D eigenvalue weighted by Crippen LogP contribution is -2.43. The Balaban J connectivity index is 1.59. The first-order valence-electron chi connectivity index (χ1n) is 7.34. The predicted octanol–water partition coefficient (Wildman–Crippen LogP) is 1.42. The van der Waals surface area contributed by atoms with E-state index in [-0.39, 0.29) is 12.5 Å². The Morgan fingerprint density at radius 1 is 1.52 bits per heavy atom. The third kappa shape index (κ3) is 5.36. The van der Waals surface area contributed by atoms with Crippen LogP contribution in [0, 0.1) is 6.92 Å². The number of aliphatic hydroxyl groups is 1. The summed E-state index contributed by atoms with van der Waals surface area (Å²) >= 11 is 0. The van der Waals surface area contributed by atoms with Crippen molar-refractivity contribution >= 4 is 5.91 Å². The maximum absolute atomic E-state index is 11.7. The summed E-state index contributed by atoms with van der Waals surface area (Å²) in [6, 6.07) is 7.83. The highest BCUT2D eigenvalue weighted by Crippen LogP contribution is 2.17. The van der Waals surface area contributed by atoms with Gasteiger partial charge >= 0.3 is 0 Å². The molecule has 116 valence electrons. The van der Waals surface area contributed by atoms with Crippen molar-refractivity contribution < 1.29 is 19.4 Å². The molecule has 0 radical (unpaired) electrons. The SMILES string of the molecule is Cc1cccc(OCCCC(=O)NCC2(O)CCOC2)c1. The van der Waals surface area contributed by atoms with Gasteiger partial charge in [-0.1, -0.05) is 12.1 Å². The standard InChI is InChI=1S/C16H23NO4/c1-13-4-2-5-14(10-13)21-8-3-6-15(18)17-11-16(19)7-9-20-12-16/h2,4-5,10,19H,3,6-9,11-12H2,1H3,(H,17,18). The van der Waals surface area contributed by atoms with Crippen LogP contribution in [0.2, 0.25) is 0 Å². The van der Waals surface area contributed by atoms with Gasteiger partial charge in [-0.25, -0.2) is 0 Å². The molecule has 1 aromatic carbocycles. The highest BCUT2D eigenvalue weighted by atomic mass is 16.5. The molecule has 0 aliphatic carbocycles. The zero-order valence-corrected chi connectivity index (χ0v) is 12.4. The lowest BCUT2D eigenvalue weighted by molar-refractivity contribution is -0.122. The van der Waals surface area contributed by atoms with Crippen LogP contribution in [0.5, 0.6) is 5.75 Å². The van der Waals surface area contributed by atoms with E-state index >= 15 is 0 Å². The Labute approximate surface area is 125 Å². The van der Waals surface area contributed by atoms with Crippen LogP contribution in [-0.2, 0) is 9.53 Å². The van der Waals surface area contributed by atoms with E-state index in [1.54, 1.807) is 0 Å². The molecule has 21 heavy (non-hydrogen) atoms. The Morgan fingerprint density at radius 2 is 2.38 bits per heavy atom. The lowest BCUT2D eigenvalue weighted by Gasteiger charge is -2.20. The second-order valence-corrected chi connectivity index (χ2v) is 5.57. The number of hydrogen-bond donors (Lipinski definition) is 2. The highest BCUT2D eigenvalue weighted by molar-refractivity contribution is 5.75. The van der Waals surface area contributed by atoms with Crippen molar-refractivity contribution in [1.82, 2.24) is 5.32 Å². The largest absolute Gasteiger partial charge is 0.494 e. The molecule has 1 amide bonds. The molecule has 0 spiro atoms. The molecule has 0 saturated carbocycles. The highest BCUT2D eigenvalue weighted by Gasteiger charge is 2.32. The summed E-state index contributed by atoms with van der Waals surface area (Å²) in [5, 5.41) is 12.8. The molecule has 1 unspecified atom stereocenters. The lowest BCUT2D eigenvalue weighted by atomic mass is 10.0. The minimum atomic E-state index is -0.895. The van der Waals surface area contributed by atoms with Gasteiger partial charge in [0.1, 0.15) is 11.4 Å². The van der Waals surface area contributed by atoms with Gasteiger partial charge in [0.15, 0.2) is 0 Å². The Bertz CT molecular complexity index is 469. The van der Waals surface area contributed by atoms with Crippen LogP contribution in [0.3, 0.4) is 0 Å². The maximum Gasteiger partial charge on any atom is 0.220 e. The Kier molecular flexibility index (Phi) is 5.59. The molecular formula is C16H23NO4. The average molecular weight is 293 g/mol. The number of carbonyl (C=O) groups is 1. The quantitative estimate of drug-likeness (QED) is 0.746. The van der Waals surface area contributed by atoms with E-state index in [9.17, 15) is 9.90 Å². The molecule has 2 N–H and O–H groups in total. The third-order valence-electron chi connectivity index (χ3n) is 3.50. The third-order valence-corrected chi connectivity index (χ3v) is 3.50. The number of amides is 1. The van der Waals surface area contributed by atoms with Crippen molar-refractivity contribution in [3.05, 3.63) is 29.8 Å². The first-order valence-corrected chi connectivity index (χ1v) is 7.34. The van der Waals surface area contributed by atoms with Gasteiger partial charge in [0.25, 0.3) is 0 Å². The Hall–Kier alpha value is -1.59. The van der Waals surface area contributed by atoms with E-state index in [4.69, 9.17) is 9.47 Å². The zero-order valence-electron chi connectivity index (χ0n) is 12.4. The van der Waals surface area contributed by atoms with E-state index in [0.29, 0.717) is 39.1 Å². The van der Waals surface area contributed by atoms with Crippen LogP contribution in [0.15, 0.2) is 24.3 Å². The predicted molar refractivity (Wildman–Crippen MR) is 79.3 cm³/mol. The van der Waals surface area contributed by atoms with Gasteiger partial charge in [0.2, 0.25) is 5.91 Å². The average Bonchev–Trinajstić information content (AvgIpc) is 2.89. The fourth-order valence-electron chi connectivity index (χ4n) is 2.22. The number of nitrogens with one attached hydrogen (secondary N) is 1. The molecule has 0 aromatic heterocycles. The topological polar surface area (TPSA) is 67.8 Å². The molecule has 0 bridgehead atoms. The summed E-state index contributed by atoms with van der Waals surface area (Å²) in [6.45, 7) is 3.62. The number of rotatable bonds is 7. The van der Waals surface area contributed by atoms with E-state index < -0.39 is 5.60 Å². The summed E-state index contributed by atoms with van der Waals surface area (Å²) in [7, 11) is 0. The molecule has 1 aliphatic rings. The molecule has 1 aliphatic heterocycles. The molecule has 5 nitrogen and oxygen atoms in total. The van der Waals surface area contributed by atoms with E-state index in [0.717, 1.165) is 11.3 Å². The van der Waals surface area contributed by atoms with Crippen molar-refractivity contribution in [1.29, 1.82) is 0 Å². The minimum Gasteiger partial charge on any atom is -0.494 e. The second kappa shape index (κ2) is 7.43. The van der Waals surface area contributed by atoms with Gasteiger partial charge in [-0.2, -0.15) is 0 Å². The Morgan fingerprint density at radius 3 is 3.10 bits per heavy atom. The van der Waals surface area contributed by atoms with E-state index in [2.05, 4.69) is 5.32 Å². The van der Waals surface area contributed by atoms with Gasteiger partial charge in [0, 0.05) is 26.0 Å². The fraction of sp³-hybridized carbons (Fsp3) is 0.562. The number of ether oxygens (including phenoxy) is 2. The number of aryl methyl sites for hydroxylation is 1. The smallest absolute Gasteiger partial charge is 0.220 e. The molecule has 1 aromatic rings. The first-order chi connectivity index (χ1) is 10.1. The van der Waals surface area contributed by atoms with Gasteiger partial charge in [0.05, 0.1) is 13.2 Å². The van der Waals surface area contributed by atoms with E-state index in [1.807, 2.05) is 31.2 Å². The molecule has 1 saturated heterocycles. The van der Waals surface area contributed by atoms with Gasteiger partial charge < -0.3 is 19.9 Å². The molecule has 5 heteroatoms. The van der Waals surface area contributed by atoms with E-state index in [1.165, 1.54) is 0 Å². The fourth-order valence-corrected chi connectivity index (χ4v) is 2.22. The van der Waals surface area contributed by atoms with Crippen LogP contribution in [0.25, 0.3) is 0 Å². The van der Waals surface area contributed by atoms with Crippen LogP contribution in [-0.4, -0.2) is 43.0 Å². The summed E-state index contributed by atoms with van der Waals surface area (Å²) in [4.78, 5) is 11.7. The number of hydrogen-bond acceptors (Lipinski definition) is 4. The van der Waals surface area contributed by atoms with Gasteiger partial charge in [-0.3, -0.25) is 4.79 Å². The minimum absolute atomic E-state index is 0.0665. The zero-order chi connectivity index (χ0) is 15.1. The summed E-state index contributed by atoms with van der Waals surface area (Å²) in [6.07, 6.45) is 1.61. The van der Waals surface area contributed by atoms with Crippen molar-refractivity contribution in [2.75, 3.05) is 26.4 Å². The van der Waals surface area contributed by atoms with Gasteiger partial charge in [-0.05, 0) is 31.0 Å². The molecular weight excluding hydrogens is 270 g/mol. The second-order valence-electron chi connectivity index (χ2n) is 5.57. The van der Waals surface area contributed by atoms with Crippen molar-refractivity contribution in [3.63, 3.8) is 0 Å². The molecule has 1 atom stereocenters. The van der Waals surface area contributed by atoms with Crippen molar-refractivity contribution in [2.45, 2.75) is 31.8 Å². The number of carbonyl (C=O) groups excluding carboxylic acids is 1. The maximum atomic E-state index is 11.7. The monoisotopic (exact) mass is 293 g/mol. The van der Waals surface area contributed by atoms with Crippen LogP contribution in [0.4, 0.5) is 0 Å². The molecule has 2 rings (SSSR count). The summed E-state index contributed by atoms with van der Waals surface area (Å²) < 4.78 is 10.7. The van der Waals surface area contributed by atoms with Crippen LogP contribution < -0.4 is 10.1 Å². The normalized spacial score (nSPS) is 21.2. The summed E-state index contributed by atoms with van der Waals surface area (Å²) in [5.41, 5.74) is 0.255. The summed E-state index contributed by atoms with van der Waals surface area (Å²) in [5.74, 6) is 0.760. The molecule has 1 heterocycles.